The minimum Gasteiger partial charge on any atom is -0.380 e. The van der Waals surface area contributed by atoms with Crippen molar-refractivity contribution < 1.29 is 13.5 Å². The van der Waals surface area contributed by atoms with Crippen LogP contribution in [0.3, 0.4) is 0 Å². The Balaban J connectivity index is 1.60. The van der Waals surface area contributed by atoms with Crippen molar-refractivity contribution in [3.63, 3.8) is 0 Å². The first-order chi connectivity index (χ1) is 12.0. The molecule has 1 aliphatic rings. The van der Waals surface area contributed by atoms with Gasteiger partial charge in [-0.15, -0.1) is 0 Å². The van der Waals surface area contributed by atoms with Crippen LogP contribution >= 0.6 is 0 Å². The third-order valence-electron chi connectivity index (χ3n) is 4.37. The van der Waals surface area contributed by atoms with Gasteiger partial charge in [0.15, 0.2) is 5.96 Å². The molecular formula is C19H21F2N3O. The van der Waals surface area contributed by atoms with Crippen molar-refractivity contribution >= 4 is 11.6 Å². The van der Waals surface area contributed by atoms with E-state index in [1.165, 1.54) is 12.1 Å². The second-order valence-electron chi connectivity index (χ2n) is 6.25. The molecule has 0 unspecified atom stereocenters. The van der Waals surface area contributed by atoms with E-state index in [1.807, 2.05) is 24.3 Å². The molecule has 0 spiro atoms. The van der Waals surface area contributed by atoms with E-state index in [1.54, 1.807) is 7.11 Å². The molecule has 6 heteroatoms. The number of aliphatic imine (C=N–C) groups is 1. The molecule has 0 bridgehead atoms. The minimum absolute atomic E-state index is 0.0541. The lowest BCUT2D eigenvalue weighted by Crippen LogP contribution is -2.31. The molecule has 0 atom stereocenters. The second-order valence-corrected chi connectivity index (χ2v) is 6.25. The number of benzene rings is 2. The van der Waals surface area contributed by atoms with Crippen LogP contribution in [0, 0.1) is 11.6 Å². The number of para-hydroxylation sites is 1. The summed E-state index contributed by atoms with van der Waals surface area (Å²) in [5, 5.41) is 3.10. The van der Waals surface area contributed by atoms with Crippen LogP contribution in [0.2, 0.25) is 0 Å². The molecule has 2 aromatic rings. The van der Waals surface area contributed by atoms with E-state index in [-0.39, 0.29) is 12.0 Å². The zero-order valence-corrected chi connectivity index (χ0v) is 14.0. The van der Waals surface area contributed by atoms with E-state index >= 15 is 0 Å². The Hall–Kier alpha value is -2.47. The Bertz CT molecular complexity index is 753. The summed E-state index contributed by atoms with van der Waals surface area (Å²) in [5.74, 6) is -0.638. The molecule has 3 rings (SSSR count). The number of nitrogens with one attached hydrogen (secondary N) is 1. The van der Waals surface area contributed by atoms with Gasteiger partial charge in [-0.05, 0) is 42.5 Å². The van der Waals surface area contributed by atoms with Gasteiger partial charge in [-0.25, -0.2) is 13.8 Å². The lowest BCUT2D eigenvalue weighted by atomic mass is 9.76. The number of guanidine groups is 1. The predicted octanol–water partition coefficient (Wildman–Crippen LogP) is 3.78. The van der Waals surface area contributed by atoms with Crippen LogP contribution in [-0.2, 0) is 11.3 Å². The van der Waals surface area contributed by atoms with E-state index in [0.29, 0.717) is 18.1 Å². The highest BCUT2D eigenvalue weighted by Crippen LogP contribution is 2.39. The van der Waals surface area contributed by atoms with Crippen molar-refractivity contribution in [2.75, 3.05) is 12.4 Å². The Morgan fingerprint density at radius 3 is 2.56 bits per heavy atom. The molecule has 1 fully saturated rings. The fraction of sp³-hybridized carbons (Fsp3) is 0.316. The van der Waals surface area contributed by atoms with Crippen LogP contribution in [0.15, 0.2) is 47.5 Å². The van der Waals surface area contributed by atoms with E-state index in [9.17, 15) is 8.78 Å². The maximum Gasteiger partial charge on any atom is 0.193 e. The molecule has 25 heavy (non-hydrogen) atoms. The molecule has 0 aromatic heterocycles. The van der Waals surface area contributed by atoms with Crippen molar-refractivity contribution in [3.05, 3.63) is 65.2 Å². The average molecular weight is 345 g/mol. The Kier molecular flexibility index (Phi) is 5.28. The van der Waals surface area contributed by atoms with Gasteiger partial charge in [0.25, 0.3) is 0 Å². The summed E-state index contributed by atoms with van der Waals surface area (Å²) >= 11 is 0. The summed E-state index contributed by atoms with van der Waals surface area (Å²) in [6.07, 6.45) is 1.45. The molecule has 0 amide bonds. The van der Waals surface area contributed by atoms with Crippen molar-refractivity contribution in [3.8, 4) is 0 Å². The molecule has 1 saturated carbocycles. The molecule has 0 radical (unpaired) electrons. The van der Waals surface area contributed by atoms with E-state index in [2.05, 4.69) is 10.3 Å². The Labute approximate surface area is 145 Å². The van der Waals surface area contributed by atoms with Crippen molar-refractivity contribution in [2.24, 2.45) is 10.7 Å². The van der Waals surface area contributed by atoms with Gasteiger partial charge < -0.3 is 15.8 Å². The number of nitrogens with zero attached hydrogens (tertiary/aromatic N) is 1. The van der Waals surface area contributed by atoms with Gasteiger partial charge in [0.2, 0.25) is 0 Å². The maximum atomic E-state index is 13.3. The van der Waals surface area contributed by atoms with Crippen LogP contribution < -0.4 is 11.1 Å². The number of anilines is 1. The lowest BCUT2D eigenvalue weighted by molar-refractivity contribution is 0.185. The van der Waals surface area contributed by atoms with Gasteiger partial charge in [-0.3, -0.25) is 0 Å². The number of halogens is 2. The Morgan fingerprint density at radius 1 is 1.20 bits per heavy atom. The molecule has 2 aromatic carbocycles. The van der Waals surface area contributed by atoms with Gasteiger partial charge in [0.1, 0.15) is 11.6 Å². The van der Waals surface area contributed by atoms with E-state index in [4.69, 9.17) is 10.5 Å². The van der Waals surface area contributed by atoms with Crippen LogP contribution in [0.1, 0.15) is 29.9 Å². The number of rotatable bonds is 5. The third-order valence-corrected chi connectivity index (χ3v) is 4.37. The summed E-state index contributed by atoms with van der Waals surface area (Å²) in [4.78, 5) is 4.45. The molecule has 0 saturated heterocycles. The standard InChI is InChI=1S/C19H21F2N3O/c1-25-11-12-4-2-3-5-18(12)24-19(22)23-17-8-14(9-17)13-6-15(20)10-16(21)7-13/h2-7,10,14,17H,8-9,11H2,1H3,(H3,22,23,24). The third kappa shape index (κ3) is 4.33. The number of methoxy groups -OCH3 is 1. The average Bonchev–Trinajstić information content (AvgIpc) is 2.51. The molecule has 0 heterocycles. The minimum atomic E-state index is -0.544. The van der Waals surface area contributed by atoms with Crippen LogP contribution in [-0.4, -0.2) is 19.1 Å². The van der Waals surface area contributed by atoms with Crippen LogP contribution in [0.5, 0.6) is 0 Å². The maximum absolute atomic E-state index is 13.3. The fourth-order valence-electron chi connectivity index (χ4n) is 3.07. The number of nitrogens with two attached hydrogens (primary N) is 1. The van der Waals surface area contributed by atoms with Gasteiger partial charge in [-0.1, -0.05) is 18.2 Å². The monoisotopic (exact) mass is 345 g/mol. The zero-order chi connectivity index (χ0) is 17.8. The lowest BCUT2D eigenvalue weighted by Gasteiger charge is -2.33. The highest BCUT2D eigenvalue weighted by atomic mass is 19.1. The smallest absolute Gasteiger partial charge is 0.193 e. The normalized spacial score (nSPS) is 20.2. The summed E-state index contributed by atoms with van der Waals surface area (Å²) in [5.41, 5.74) is 8.52. The number of ether oxygens (including phenoxy) is 1. The highest BCUT2D eigenvalue weighted by Gasteiger charge is 2.31. The first-order valence-corrected chi connectivity index (χ1v) is 8.18. The Morgan fingerprint density at radius 2 is 1.88 bits per heavy atom. The molecule has 0 aliphatic heterocycles. The summed E-state index contributed by atoms with van der Waals surface area (Å²) in [6.45, 7) is 0.479. The number of hydrogen-bond acceptors (Lipinski definition) is 2. The summed E-state index contributed by atoms with van der Waals surface area (Å²) < 4.78 is 31.7. The molecular weight excluding hydrogens is 324 g/mol. The topological polar surface area (TPSA) is 59.6 Å². The van der Waals surface area contributed by atoms with E-state index in [0.717, 1.165) is 30.2 Å². The second kappa shape index (κ2) is 7.61. The van der Waals surface area contributed by atoms with Gasteiger partial charge in [-0.2, -0.15) is 0 Å². The quantitative estimate of drug-likeness (QED) is 0.640. The molecule has 1 aliphatic carbocycles. The van der Waals surface area contributed by atoms with Gasteiger partial charge in [0.05, 0.1) is 12.6 Å². The fourth-order valence-corrected chi connectivity index (χ4v) is 3.07. The van der Waals surface area contributed by atoms with E-state index < -0.39 is 11.6 Å². The molecule has 3 N–H and O–H groups in total. The molecule has 132 valence electrons. The molecule has 4 nitrogen and oxygen atoms in total. The largest absolute Gasteiger partial charge is 0.380 e. The number of hydrogen-bond donors (Lipinski definition) is 2. The van der Waals surface area contributed by atoms with Crippen LogP contribution in [0.25, 0.3) is 0 Å². The van der Waals surface area contributed by atoms with Crippen molar-refractivity contribution in [1.82, 2.24) is 0 Å². The van der Waals surface area contributed by atoms with Gasteiger partial charge >= 0.3 is 0 Å². The van der Waals surface area contributed by atoms with Crippen LogP contribution in [0.4, 0.5) is 14.5 Å². The van der Waals surface area contributed by atoms with Crippen molar-refractivity contribution in [2.45, 2.75) is 31.4 Å². The summed E-state index contributed by atoms with van der Waals surface area (Å²) in [6, 6.07) is 11.4. The first kappa shape index (κ1) is 17.4. The van der Waals surface area contributed by atoms with Crippen molar-refractivity contribution in [1.29, 1.82) is 0 Å². The highest BCUT2D eigenvalue weighted by molar-refractivity contribution is 5.93. The summed E-state index contributed by atoms with van der Waals surface area (Å²) in [7, 11) is 1.64. The first-order valence-electron chi connectivity index (χ1n) is 8.18. The zero-order valence-electron chi connectivity index (χ0n) is 14.0. The SMILES string of the molecule is COCc1ccccc1NC(N)=NC1CC(c2cc(F)cc(F)c2)C1. The predicted molar refractivity (Wildman–Crippen MR) is 94.5 cm³/mol. The van der Waals surface area contributed by atoms with Gasteiger partial charge in [0, 0.05) is 24.4 Å².